The van der Waals surface area contributed by atoms with E-state index in [1.807, 2.05) is 0 Å². The van der Waals surface area contributed by atoms with Gasteiger partial charge in [-0.1, -0.05) is 12.1 Å². The number of fused-ring (bicyclic) bond motifs is 1. The van der Waals surface area contributed by atoms with Crippen molar-refractivity contribution in [3.05, 3.63) is 93.9 Å². The Morgan fingerprint density at radius 1 is 1.11 bits per heavy atom. The number of hydrogen-bond acceptors (Lipinski definition) is 8. The second-order valence-corrected chi connectivity index (χ2v) is 11.3. The van der Waals surface area contributed by atoms with Crippen LogP contribution in [0.3, 0.4) is 0 Å². The van der Waals surface area contributed by atoms with Crippen molar-refractivity contribution in [3.8, 4) is 11.5 Å². The molecule has 11 nitrogen and oxygen atoms in total. The van der Waals surface area contributed by atoms with Crippen LogP contribution >= 0.6 is 0 Å². The van der Waals surface area contributed by atoms with Gasteiger partial charge in [0, 0.05) is 61.5 Å². The van der Waals surface area contributed by atoms with Crippen LogP contribution in [0.15, 0.2) is 67.0 Å². The number of aliphatic carboxylic acids is 1. The molecule has 14 heteroatoms. The monoisotopic (exact) mass is 642 g/mol. The van der Waals surface area contributed by atoms with Gasteiger partial charge in [-0.2, -0.15) is 13.2 Å². The summed E-state index contributed by atoms with van der Waals surface area (Å²) in [5, 5.41) is 32.0. The molecule has 3 heterocycles. The van der Waals surface area contributed by atoms with Gasteiger partial charge in [0.15, 0.2) is 11.5 Å². The van der Waals surface area contributed by atoms with Crippen molar-refractivity contribution in [2.24, 2.45) is 0 Å². The molecule has 2 N–H and O–H groups in total. The van der Waals surface area contributed by atoms with Crippen molar-refractivity contribution in [2.45, 2.75) is 50.1 Å². The Balaban J connectivity index is 1.36. The molecular weight excluding hydrogens is 609 g/mol. The number of β-amino-alcohol motifs (C(OH)–C–C–N with tert-alkyl or cyclic N) is 1. The van der Waals surface area contributed by atoms with E-state index in [0.29, 0.717) is 36.5 Å². The Hall–Kier alpha value is -4.69. The van der Waals surface area contributed by atoms with Gasteiger partial charge in [-0.15, -0.1) is 0 Å². The van der Waals surface area contributed by atoms with Gasteiger partial charge in [-0.05, 0) is 55.2 Å². The van der Waals surface area contributed by atoms with E-state index in [2.05, 4.69) is 4.98 Å². The minimum absolute atomic E-state index is 0.0310. The first-order valence-corrected chi connectivity index (χ1v) is 14.6. The number of pyridine rings is 1. The third kappa shape index (κ3) is 7.07. The van der Waals surface area contributed by atoms with Crippen LogP contribution in [-0.2, 0) is 23.4 Å². The van der Waals surface area contributed by atoms with Crippen LogP contribution < -0.4 is 9.47 Å². The van der Waals surface area contributed by atoms with E-state index in [0.717, 1.165) is 11.6 Å². The van der Waals surface area contributed by atoms with Gasteiger partial charge < -0.3 is 24.3 Å². The van der Waals surface area contributed by atoms with E-state index in [-0.39, 0.29) is 48.7 Å². The van der Waals surface area contributed by atoms with Crippen LogP contribution in [0.25, 0.3) is 10.9 Å². The molecule has 244 valence electrons. The highest BCUT2D eigenvalue weighted by Crippen LogP contribution is 2.44. The largest absolute Gasteiger partial charge is 0.493 e. The van der Waals surface area contributed by atoms with Gasteiger partial charge in [0.05, 0.1) is 29.8 Å². The average molecular weight is 643 g/mol. The van der Waals surface area contributed by atoms with E-state index < -0.39 is 34.8 Å². The summed E-state index contributed by atoms with van der Waals surface area (Å²) in [4.78, 5) is 27.5. The zero-order valence-electron chi connectivity index (χ0n) is 24.9. The lowest BCUT2D eigenvalue weighted by Crippen LogP contribution is -2.53. The standard InChI is InChI=1S/C32H33F3N4O7/c1-45-29-16-21(6-10-30(40)41)5-9-28(29)46-24-11-14-37(15-12-24)20-31(42,32(33,34)35)26-19-38(18-22-4-2-3-13-36-22)27-17-23(39(43)44)7-8-25(26)27/h2-5,7-9,13,16-17,19,24,42H,6,10-12,14-15,18,20H2,1H3,(H,40,41). The van der Waals surface area contributed by atoms with E-state index >= 15 is 0 Å². The van der Waals surface area contributed by atoms with Crippen molar-refractivity contribution in [1.82, 2.24) is 14.5 Å². The van der Waals surface area contributed by atoms with Gasteiger partial charge in [-0.25, -0.2) is 0 Å². The number of aromatic nitrogens is 2. The number of non-ortho nitro benzene ring substituents is 1. The molecule has 0 spiro atoms. The summed E-state index contributed by atoms with van der Waals surface area (Å²) in [5.41, 5.74) is -2.49. The predicted molar refractivity (Wildman–Crippen MR) is 161 cm³/mol. The minimum atomic E-state index is -5.07. The van der Waals surface area contributed by atoms with Gasteiger partial charge >= 0.3 is 12.1 Å². The zero-order valence-corrected chi connectivity index (χ0v) is 24.9. The Morgan fingerprint density at radius 2 is 1.87 bits per heavy atom. The zero-order chi connectivity index (χ0) is 33.1. The topological polar surface area (TPSA) is 140 Å². The number of alkyl halides is 3. The molecule has 1 fully saturated rings. The number of methoxy groups -OCH3 is 1. The van der Waals surface area contributed by atoms with Crippen LogP contribution in [-0.4, -0.2) is 74.6 Å². The van der Waals surface area contributed by atoms with Crippen LogP contribution in [0, 0.1) is 10.1 Å². The van der Waals surface area contributed by atoms with Gasteiger partial charge in [0.1, 0.15) is 6.10 Å². The number of rotatable bonds is 12. The number of carboxylic acid groups (broad SMARTS) is 1. The smallest absolute Gasteiger partial charge is 0.422 e. The van der Waals surface area contributed by atoms with Crippen molar-refractivity contribution in [1.29, 1.82) is 0 Å². The fourth-order valence-electron chi connectivity index (χ4n) is 5.75. The molecule has 5 rings (SSSR count). The molecule has 0 amide bonds. The highest BCUT2D eigenvalue weighted by atomic mass is 19.4. The summed E-state index contributed by atoms with van der Waals surface area (Å²) in [7, 11) is 1.47. The first kappa shape index (κ1) is 32.7. The Bertz CT molecular complexity index is 1710. The van der Waals surface area contributed by atoms with Crippen LogP contribution in [0.4, 0.5) is 18.9 Å². The van der Waals surface area contributed by atoms with Gasteiger partial charge in [-0.3, -0.25) is 24.8 Å². The maximum absolute atomic E-state index is 14.8. The molecule has 1 atom stereocenters. The SMILES string of the molecule is COc1cc(CCC(=O)O)ccc1OC1CCN(CC(O)(c2cn(Cc3ccccn3)c3cc([N+](=O)[O-])ccc23)C(F)(F)F)CC1. The van der Waals surface area contributed by atoms with Crippen molar-refractivity contribution in [2.75, 3.05) is 26.7 Å². The van der Waals surface area contributed by atoms with Crippen LogP contribution in [0.2, 0.25) is 0 Å². The molecule has 1 unspecified atom stereocenters. The first-order valence-electron chi connectivity index (χ1n) is 14.6. The number of nitro groups is 1. The summed E-state index contributed by atoms with van der Waals surface area (Å²) in [6, 6.07) is 13.8. The Morgan fingerprint density at radius 3 is 2.50 bits per heavy atom. The second kappa shape index (κ2) is 13.3. The molecule has 0 aliphatic carbocycles. The van der Waals surface area contributed by atoms with Crippen molar-refractivity contribution in [3.63, 3.8) is 0 Å². The number of hydrogen-bond donors (Lipinski definition) is 2. The van der Waals surface area contributed by atoms with E-state index in [4.69, 9.17) is 14.6 Å². The molecule has 1 aliphatic heterocycles. The number of carbonyl (C=O) groups is 1. The highest BCUT2D eigenvalue weighted by molar-refractivity contribution is 5.87. The minimum Gasteiger partial charge on any atom is -0.493 e. The van der Waals surface area contributed by atoms with Gasteiger partial charge in [0.2, 0.25) is 5.60 Å². The number of likely N-dealkylation sites (tertiary alicyclic amines) is 1. The predicted octanol–water partition coefficient (Wildman–Crippen LogP) is 5.31. The van der Waals surface area contributed by atoms with E-state index in [9.17, 15) is 33.2 Å². The summed E-state index contributed by atoms with van der Waals surface area (Å²) < 4.78 is 57.4. The lowest BCUT2D eigenvalue weighted by Gasteiger charge is -2.39. The quantitative estimate of drug-likeness (QED) is 0.155. The lowest BCUT2D eigenvalue weighted by atomic mass is 9.91. The number of halogens is 3. The number of carboxylic acids is 1. The number of benzene rings is 2. The molecule has 1 aliphatic rings. The normalized spacial score (nSPS) is 15.8. The Labute approximate surface area is 261 Å². The third-order valence-electron chi connectivity index (χ3n) is 8.19. The first-order chi connectivity index (χ1) is 21.9. The molecule has 0 saturated carbocycles. The number of nitrogens with zero attached hydrogens (tertiary/aromatic N) is 4. The number of aliphatic hydroxyl groups is 1. The molecular formula is C32H33F3N4O7. The summed E-state index contributed by atoms with van der Waals surface area (Å²) in [6.45, 7) is -0.288. The summed E-state index contributed by atoms with van der Waals surface area (Å²) in [6.07, 6.45) is -1.59. The summed E-state index contributed by atoms with van der Waals surface area (Å²) in [5.74, 6) is -0.0385. The highest BCUT2D eigenvalue weighted by Gasteiger charge is 2.57. The second-order valence-electron chi connectivity index (χ2n) is 11.3. The molecule has 2 aromatic heterocycles. The molecule has 46 heavy (non-hydrogen) atoms. The van der Waals surface area contributed by atoms with Crippen LogP contribution in [0.1, 0.15) is 36.1 Å². The van der Waals surface area contributed by atoms with E-state index in [1.54, 1.807) is 36.4 Å². The molecule has 0 radical (unpaired) electrons. The maximum Gasteiger partial charge on any atom is 0.422 e. The molecule has 4 aromatic rings. The Kier molecular flexibility index (Phi) is 9.49. The maximum atomic E-state index is 14.8. The summed E-state index contributed by atoms with van der Waals surface area (Å²) >= 11 is 0. The fraction of sp³-hybridized carbons (Fsp3) is 0.375. The lowest BCUT2D eigenvalue weighted by molar-refractivity contribution is -0.384. The number of ether oxygens (including phenoxy) is 2. The van der Waals surface area contributed by atoms with Crippen molar-refractivity contribution < 1.29 is 42.6 Å². The number of nitro benzene ring substituents is 1. The van der Waals surface area contributed by atoms with Crippen molar-refractivity contribution >= 4 is 22.6 Å². The number of piperidine rings is 1. The van der Waals surface area contributed by atoms with E-state index in [1.165, 1.54) is 41.1 Å². The molecule has 1 saturated heterocycles. The average Bonchev–Trinajstić information content (AvgIpc) is 3.39. The number of aryl methyl sites for hydroxylation is 1. The molecule has 2 aromatic carbocycles. The third-order valence-corrected chi connectivity index (χ3v) is 8.19. The van der Waals surface area contributed by atoms with Crippen LogP contribution in [0.5, 0.6) is 11.5 Å². The fourth-order valence-corrected chi connectivity index (χ4v) is 5.75. The van der Waals surface area contributed by atoms with Gasteiger partial charge in [0.25, 0.3) is 5.69 Å². The molecule has 0 bridgehead atoms.